The summed E-state index contributed by atoms with van der Waals surface area (Å²) in [6.45, 7) is 1.21. The molecule has 1 atom stereocenters. The molecule has 0 saturated carbocycles. The lowest BCUT2D eigenvalue weighted by molar-refractivity contribution is -0.870. The molecular formula is C41H67N3O11P+. The number of hydrogen-bond donors (Lipinski definition) is 2. The average Bonchev–Trinajstić information content (AvgIpc) is 3.13. The monoisotopic (exact) mass is 808 g/mol. The van der Waals surface area contributed by atoms with Gasteiger partial charge in [-0.25, -0.2) is 9.36 Å². The summed E-state index contributed by atoms with van der Waals surface area (Å²) in [4.78, 5) is 48.5. The highest BCUT2D eigenvalue weighted by Gasteiger charge is 2.22. The number of nitrogens with one attached hydrogen (secondary N) is 1. The largest absolute Gasteiger partial charge is 0.513 e. The van der Waals surface area contributed by atoms with Crippen LogP contribution in [0.15, 0.2) is 48.5 Å². The lowest BCUT2D eigenvalue weighted by atomic mass is 10.0. The van der Waals surface area contributed by atoms with Gasteiger partial charge in [-0.2, -0.15) is 0 Å². The Morgan fingerprint density at radius 3 is 1.70 bits per heavy atom. The maximum Gasteiger partial charge on any atom is 0.513 e. The molecule has 2 aromatic rings. The molecule has 0 radical (unpaired) electrons. The molecule has 0 aromatic heterocycles. The Morgan fingerprint density at radius 1 is 0.679 bits per heavy atom. The number of ether oxygens (including phenoxy) is 2. The van der Waals surface area contributed by atoms with Crippen molar-refractivity contribution in [2.45, 2.75) is 128 Å². The Hall–Kier alpha value is -3.55. The number of phosphoric ester groups is 1. The van der Waals surface area contributed by atoms with Crippen LogP contribution in [0, 0.1) is 10.1 Å². The van der Waals surface area contributed by atoms with Crippen molar-refractivity contribution in [2.75, 3.05) is 52.8 Å². The Bertz CT molecular complexity index is 1420. The average molecular weight is 809 g/mol. The lowest BCUT2D eigenvalue weighted by Gasteiger charge is -2.24. The van der Waals surface area contributed by atoms with E-state index in [0.717, 1.165) is 37.8 Å². The van der Waals surface area contributed by atoms with E-state index in [1.54, 1.807) is 0 Å². The molecule has 1 amide bonds. The smallest absolute Gasteiger partial charge is 0.434 e. The van der Waals surface area contributed by atoms with E-state index in [9.17, 15) is 29.2 Å². The van der Waals surface area contributed by atoms with E-state index in [-0.39, 0.29) is 37.2 Å². The van der Waals surface area contributed by atoms with Gasteiger partial charge in [0.25, 0.3) is 5.09 Å². The lowest BCUT2D eigenvalue weighted by Crippen LogP contribution is -2.37. The Kier molecular flexibility index (Phi) is 25.0. The van der Waals surface area contributed by atoms with Gasteiger partial charge in [-0.3, -0.25) is 18.7 Å². The molecular weight excluding hydrogens is 741 g/mol. The number of amides is 1. The first-order chi connectivity index (χ1) is 26.8. The van der Waals surface area contributed by atoms with Crippen LogP contribution in [0.4, 0.5) is 10.5 Å². The van der Waals surface area contributed by atoms with Gasteiger partial charge in [0.1, 0.15) is 24.7 Å². The number of rotatable bonds is 33. The second-order valence-electron chi connectivity index (χ2n) is 15.2. The highest BCUT2D eigenvalue weighted by Crippen LogP contribution is 2.43. The first-order valence-electron chi connectivity index (χ1n) is 20.4. The number of anilines is 1. The number of carbonyl (C=O) groups is 2. The number of aryl methyl sites for hydroxylation is 1. The van der Waals surface area contributed by atoms with Crippen molar-refractivity contribution in [2.24, 2.45) is 0 Å². The molecule has 0 fully saturated rings. The number of phosphoric acid groups is 1. The van der Waals surface area contributed by atoms with Crippen LogP contribution in [-0.4, -0.2) is 74.0 Å². The highest BCUT2D eigenvalue weighted by atomic mass is 31.2. The molecule has 0 bridgehead atoms. The van der Waals surface area contributed by atoms with Crippen molar-refractivity contribution < 1.29 is 52.0 Å². The van der Waals surface area contributed by atoms with E-state index in [1.165, 1.54) is 107 Å². The molecule has 0 aliphatic rings. The van der Waals surface area contributed by atoms with Crippen LogP contribution in [0.1, 0.15) is 128 Å². The minimum Gasteiger partial charge on any atom is -0.434 e. The van der Waals surface area contributed by atoms with Gasteiger partial charge in [0.2, 0.25) is 5.91 Å². The molecule has 0 saturated heterocycles. The normalized spacial score (nSPS) is 12.5. The van der Waals surface area contributed by atoms with Gasteiger partial charge in [-0.15, -0.1) is 10.1 Å². The van der Waals surface area contributed by atoms with E-state index in [4.69, 9.17) is 18.5 Å². The van der Waals surface area contributed by atoms with Gasteiger partial charge in [0.15, 0.2) is 0 Å². The zero-order chi connectivity index (χ0) is 40.9. The second-order valence-corrected chi connectivity index (χ2v) is 16.7. The van der Waals surface area contributed by atoms with Crippen molar-refractivity contribution >= 4 is 25.6 Å². The van der Waals surface area contributed by atoms with Crippen molar-refractivity contribution in [3.8, 4) is 11.5 Å². The summed E-state index contributed by atoms with van der Waals surface area (Å²) < 4.78 is 32.7. The maximum absolute atomic E-state index is 12.3. The van der Waals surface area contributed by atoms with Gasteiger partial charge in [-0.1, -0.05) is 102 Å². The second kappa shape index (κ2) is 28.8. The first-order valence-corrected chi connectivity index (χ1v) is 21.9. The number of hydrogen-bond acceptors (Lipinski definition) is 10. The third-order valence-electron chi connectivity index (χ3n) is 9.09. The summed E-state index contributed by atoms with van der Waals surface area (Å²) >= 11 is 0. The minimum atomic E-state index is -3.93. The summed E-state index contributed by atoms with van der Waals surface area (Å²) in [6, 6.07) is 13.3. The topological polar surface area (TPSA) is 173 Å². The molecule has 0 spiro atoms. The van der Waals surface area contributed by atoms with Crippen LogP contribution < -0.4 is 14.9 Å². The number of nitrogens with zero attached hydrogens (tertiary/aromatic N) is 2. The Morgan fingerprint density at radius 2 is 1.16 bits per heavy atom. The Balaban J connectivity index is 1.34. The van der Waals surface area contributed by atoms with E-state index in [2.05, 4.69) is 22.3 Å². The molecule has 14 nitrogen and oxygen atoms in total. The fraction of sp³-hybridized carbons (Fsp3) is 0.659. The summed E-state index contributed by atoms with van der Waals surface area (Å²) in [5, 5.41) is 12.3. The van der Waals surface area contributed by atoms with Crippen LogP contribution in [0.25, 0.3) is 0 Å². The van der Waals surface area contributed by atoms with Gasteiger partial charge in [0, 0.05) is 12.1 Å². The van der Waals surface area contributed by atoms with E-state index in [1.807, 2.05) is 33.3 Å². The maximum atomic E-state index is 12.3. The number of likely N-dealkylation sites (N-methyl/N-ethyl adjacent to an activating group) is 1. The number of unbranched alkanes of at least 4 members (excludes halogenated alkanes) is 16. The number of quaternary nitrogens is 1. The van der Waals surface area contributed by atoms with E-state index >= 15 is 0 Å². The molecule has 1 unspecified atom stereocenters. The number of carbonyl (C=O) groups excluding carboxylic acids is 2. The molecule has 2 N–H and O–H groups in total. The minimum absolute atomic E-state index is 0.00577. The molecule has 0 aliphatic heterocycles. The molecule has 56 heavy (non-hydrogen) atoms. The van der Waals surface area contributed by atoms with Crippen LogP contribution >= 0.6 is 7.82 Å². The predicted molar refractivity (Wildman–Crippen MR) is 217 cm³/mol. The van der Waals surface area contributed by atoms with Crippen LogP contribution in [0.2, 0.25) is 0 Å². The van der Waals surface area contributed by atoms with Crippen LogP contribution in [-0.2, 0) is 29.6 Å². The van der Waals surface area contributed by atoms with Gasteiger partial charge >= 0.3 is 14.0 Å². The highest BCUT2D eigenvalue weighted by molar-refractivity contribution is 7.47. The zero-order valence-corrected chi connectivity index (χ0v) is 34.9. The van der Waals surface area contributed by atoms with Crippen molar-refractivity contribution in [3.05, 3.63) is 64.2 Å². The fourth-order valence-electron chi connectivity index (χ4n) is 5.85. The molecule has 0 aliphatic carbocycles. The summed E-state index contributed by atoms with van der Waals surface area (Å²) in [6.07, 6.45) is 21.0. The zero-order valence-electron chi connectivity index (χ0n) is 34.0. The predicted octanol–water partition coefficient (Wildman–Crippen LogP) is 10.2. The SMILES string of the molecule is C[N+](C)(C)CCOP(=O)(O)OCCCCCCCCCCCCCCCCCCc1ccc(NC(=O)CCCCOC(=O)Oc2ccc(O[N+](=O)[O-])cc2)cc1. The van der Waals surface area contributed by atoms with Gasteiger partial charge < -0.3 is 24.2 Å². The fourth-order valence-corrected chi connectivity index (χ4v) is 6.60. The molecule has 15 heteroatoms. The molecule has 0 heterocycles. The van der Waals surface area contributed by atoms with Crippen molar-refractivity contribution in [1.82, 2.24) is 0 Å². The van der Waals surface area contributed by atoms with E-state index in [0.29, 0.717) is 30.3 Å². The molecule has 316 valence electrons. The van der Waals surface area contributed by atoms with Crippen LogP contribution in [0.3, 0.4) is 0 Å². The van der Waals surface area contributed by atoms with Gasteiger partial charge in [-0.05, 0) is 74.1 Å². The molecule has 2 rings (SSSR count). The number of benzene rings is 2. The Labute approximate surface area is 333 Å². The van der Waals surface area contributed by atoms with Crippen molar-refractivity contribution in [1.29, 1.82) is 0 Å². The summed E-state index contributed by atoms with van der Waals surface area (Å²) in [7, 11) is 2.08. The van der Waals surface area contributed by atoms with E-state index < -0.39 is 19.1 Å². The van der Waals surface area contributed by atoms with Gasteiger partial charge in [0.05, 0.1) is 34.4 Å². The summed E-state index contributed by atoms with van der Waals surface area (Å²) in [5.74, 6) is 0.0678. The molecule has 2 aromatic carbocycles. The first kappa shape index (κ1) is 48.6. The quantitative estimate of drug-likeness (QED) is 0.0134. The third kappa shape index (κ3) is 27.1. The summed E-state index contributed by atoms with van der Waals surface area (Å²) in [5.41, 5.74) is 2.03. The third-order valence-corrected chi connectivity index (χ3v) is 10.1. The van der Waals surface area contributed by atoms with Crippen LogP contribution in [0.5, 0.6) is 11.5 Å². The standard InChI is InChI=1S/C41H66N3O11P/c1-44(2,3)32-35-53-56(49,50)52-34-20-17-15-13-11-9-7-5-4-6-8-10-12-14-16-18-22-36-24-26-37(27-25-36)42-40(45)23-19-21-33-51-41(46)54-38-28-30-39(31-29-38)55-43(47)48/h24-31H,4-23,32-35H2,1-3H3,(H-,42,45,49,50)/p+1. The van der Waals surface area contributed by atoms with Crippen molar-refractivity contribution in [3.63, 3.8) is 0 Å².